The van der Waals surface area contributed by atoms with Crippen molar-refractivity contribution in [1.29, 1.82) is 0 Å². The van der Waals surface area contributed by atoms with E-state index in [2.05, 4.69) is 46.9 Å². The molecule has 25 heteroatoms. The van der Waals surface area contributed by atoms with Gasteiger partial charge in [-0.1, -0.05) is 12.2 Å². The highest BCUT2D eigenvalue weighted by Gasteiger charge is 2.53. The molecule has 3 aliphatic rings. The molecule has 0 aromatic carbocycles. The van der Waals surface area contributed by atoms with Gasteiger partial charge in [0.1, 0.15) is 30.2 Å². The van der Waals surface area contributed by atoms with Crippen LogP contribution in [0.3, 0.4) is 0 Å². The normalized spacial score (nSPS) is 35.5. The molecular formula is C20H22F2N11O9PS2. The third-order valence-electron chi connectivity index (χ3n) is 7.27. The fraction of sp³-hybridized carbons (Fsp3) is 0.500. The van der Waals surface area contributed by atoms with Gasteiger partial charge in [0.25, 0.3) is 5.56 Å². The molecule has 7 heterocycles. The summed E-state index contributed by atoms with van der Waals surface area (Å²) in [5.41, 5.74) is 10.6. The number of hydrogen-bond donors (Lipinski definition) is 5. The molecule has 0 amide bonds. The molecule has 3 saturated heterocycles. The van der Waals surface area contributed by atoms with Gasteiger partial charge in [0.2, 0.25) is 5.95 Å². The number of alkyl halides is 2. The fourth-order valence-electron chi connectivity index (χ4n) is 5.27. The van der Waals surface area contributed by atoms with E-state index >= 15 is 8.78 Å². The molecule has 2 bridgehead atoms. The fourth-order valence-corrected chi connectivity index (χ4v) is 7.68. The van der Waals surface area contributed by atoms with E-state index in [4.69, 9.17) is 34.2 Å². The van der Waals surface area contributed by atoms with E-state index in [-0.39, 0.29) is 34.1 Å². The number of nitrogen functional groups attached to an aromatic ring is 2. The van der Waals surface area contributed by atoms with E-state index in [0.717, 1.165) is 17.2 Å². The second kappa shape index (κ2) is 10.9. The van der Waals surface area contributed by atoms with Crippen LogP contribution in [0.5, 0.6) is 0 Å². The van der Waals surface area contributed by atoms with Gasteiger partial charge in [-0.25, -0.2) is 37.5 Å². The van der Waals surface area contributed by atoms with Crippen LogP contribution in [0.2, 0.25) is 0 Å². The highest BCUT2D eigenvalue weighted by Crippen LogP contribution is 2.57. The molecule has 242 valence electrons. The zero-order valence-electron chi connectivity index (χ0n) is 22.3. The van der Waals surface area contributed by atoms with Crippen LogP contribution < -0.4 is 21.7 Å². The minimum absolute atomic E-state index is 0.0141. The number of aromatic nitrogens is 8. The number of nitrogens with two attached hydrogens (primary N) is 2. The van der Waals surface area contributed by atoms with E-state index < -0.39 is 85.0 Å². The molecule has 45 heavy (non-hydrogen) atoms. The molecular weight excluding hydrogens is 671 g/mol. The predicted molar refractivity (Wildman–Crippen MR) is 149 cm³/mol. The molecule has 0 spiro atoms. The van der Waals surface area contributed by atoms with E-state index in [1.165, 1.54) is 10.9 Å². The van der Waals surface area contributed by atoms with Crippen molar-refractivity contribution in [2.45, 2.75) is 49.2 Å². The standard InChI is InChI=1S/C20H22F2N11O9PS2/c21-8-7-2-38-43(35,44)41-12-6(39-18(9(12)22)32-4-27-10-14(23)25-3-26-15(10)32)1-29-45(36,37)42-13(8)19(40-7)33-5-28-11-16(33)30-20(24)31-17(11)34/h3-9,12-13,18-19,29H,1-2H2,(H,35,44)(H2,23,25,26)(H3,24,30,31,34)/t6-,7-,8-,9-,12-,13-,18-,19-,43+/m1/s1. The van der Waals surface area contributed by atoms with Crippen molar-refractivity contribution in [3.8, 4) is 0 Å². The Morgan fingerprint density at radius 3 is 2.47 bits per heavy atom. The maximum atomic E-state index is 15.9. The Hall–Kier alpha value is -3.35. The number of halogens is 2. The van der Waals surface area contributed by atoms with Crippen LogP contribution in [-0.2, 0) is 37.6 Å². The van der Waals surface area contributed by atoms with Crippen LogP contribution in [0.25, 0.3) is 22.3 Å². The predicted octanol–water partition coefficient (Wildman–Crippen LogP) is -0.732. The summed E-state index contributed by atoms with van der Waals surface area (Å²) >= 11 is 3.92. The van der Waals surface area contributed by atoms with Crippen molar-refractivity contribution < 1.29 is 44.5 Å². The minimum Gasteiger partial charge on any atom is -0.382 e. The first-order chi connectivity index (χ1) is 21.3. The van der Waals surface area contributed by atoms with Gasteiger partial charge < -0.3 is 20.9 Å². The lowest BCUT2D eigenvalue weighted by atomic mass is 10.1. The highest BCUT2D eigenvalue weighted by molar-refractivity contribution is 8.44. The number of fused-ring (bicyclic) bond motifs is 5. The number of anilines is 2. The number of imidazole rings is 2. The summed E-state index contributed by atoms with van der Waals surface area (Å²) < 4.78 is 103. The maximum absolute atomic E-state index is 15.9. The van der Waals surface area contributed by atoms with Crippen molar-refractivity contribution in [2.24, 2.45) is 0 Å². The van der Waals surface area contributed by atoms with Gasteiger partial charge in [-0.05, 0) is 0 Å². The van der Waals surface area contributed by atoms with Crippen LogP contribution >= 0.6 is 19.0 Å². The Kier molecular flexibility index (Phi) is 7.33. The monoisotopic (exact) mass is 693 g/mol. The molecule has 0 radical (unpaired) electrons. The molecule has 20 nitrogen and oxygen atoms in total. The van der Waals surface area contributed by atoms with Gasteiger partial charge in [-0.3, -0.25) is 28.0 Å². The number of H-pyrrole nitrogens is 1. The van der Waals surface area contributed by atoms with E-state index in [1.54, 1.807) is 0 Å². The second-order valence-corrected chi connectivity index (χ2v) is 14.3. The van der Waals surface area contributed by atoms with Crippen molar-refractivity contribution in [3.05, 3.63) is 29.3 Å². The largest absolute Gasteiger partial charge is 0.386 e. The van der Waals surface area contributed by atoms with E-state index in [0.29, 0.717) is 0 Å². The molecule has 4 aromatic heterocycles. The van der Waals surface area contributed by atoms with Gasteiger partial charge in [0.15, 0.2) is 53.5 Å². The number of nitrogens with zero attached hydrogens (tertiary/aromatic N) is 7. The van der Waals surface area contributed by atoms with Gasteiger partial charge in [0, 0.05) is 6.54 Å². The minimum atomic E-state index is -4.84. The van der Waals surface area contributed by atoms with Crippen LogP contribution in [0.4, 0.5) is 20.5 Å². The van der Waals surface area contributed by atoms with Crippen LogP contribution in [0.1, 0.15) is 12.5 Å². The number of nitrogens with one attached hydrogen (secondary N) is 2. The van der Waals surface area contributed by atoms with Crippen molar-refractivity contribution in [3.63, 3.8) is 0 Å². The van der Waals surface area contributed by atoms with Crippen molar-refractivity contribution in [2.75, 3.05) is 24.6 Å². The summed E-state index contributed by atoms with van der Waals surface area (Å²) in [5.74, 6) is -0.290. The molecule has 0 saturated carbocycles. The summed E-state index contributed by atoms with van der Waals surface area (Å²) in [4.78, 5) is 34.4. The molecule has 7 rings (SSSR count). The van der Waals surface area contributed by atoms with E-state index in [1.807, 2.05) is 0 Å². The summed E-state index contributed by atoms with van der Waals surface area (Å²) in [7, 11) is -4.84. The van der Waals surface area contributed by atoms with Crippen LogP contribution in [-0.4, -0.2) is 97.4 Å². The van der Waals surface area contributed by atoms with Crippen molar-refractivity contribution >= 4 is 63.4 Å². The number of hydrogen-bond acceptors (Lipinski definition) is 16. The lowest BCUT2D eigenvalue weighted by Crippen LogP contribution is -2.43. The number of aromatic amines is 1. The number of ether oxygens (including phenoxy) is 2. The summed E-state index contributed by atoms with van der Waals surface area (Å²) in [6.07, 6.45) is -10.8. The molecule has 0 aliphatic carbocycles. The summed E-state index contributed by atoms with van der Waals surface area (Å²) in [6, 6.07) is 0. The molecule has 3 fully saturated rings. The lowest BCUT2D eigenvalue weighted by Gasteiger charge is -2.24. The first kappa shape index (κ1) is 30.3. The topological polar surface area (TPSA) is 269 Å². The van der Waals surface area contributed by atoms with Crippen molar-refractivity contribution in [1.82, 2.24) is 43.8 Å². The van der Waals surface area contributed by atoms with Gasteiger partial charge in [0.05, 0.1) is 19.3 Å². The molecule has 4 aromatic rings. The Morgan fingerprint density at radius 2 is 1.69 bits per heavy atom. The third kappa shape index (κ3) is 5.34. The maximum Gasteiger partial charge on any atom is 0.386 e. The average Bonchev–Trinajstić information content (AvgIpc) is 3.72. The number of rotatable bonds is 2. The molecule has 9 atom stereocenters. The van der Waals surface area contributed by atoms with Gasteiger partial charge in [-0.2, -0.15) is 18.1 Å². The number of thiol groups is 1. The third-order valence-corrected chi connectivity index (χ3v) is 9.88. The Morgan fingerprint density at radius 1 is 0.978 bits per heavy atom. The van der Waals surface area contributed by atoms with E-state index in [9.17, 15) is 17.8 Å². The average molecular weight is 694 g/mol. The molecule has 3 aliphatic heterocycles. The highest BCUT2D eigenvalue weighted by atomic mass is 32.7. The molecule has 6 N–H and O–H groups in total. The zero-order valence-corrected chi connectivity index (χ0v) is 24.9. The molecule has 0 unspecified atom stereocenters. The Labute approximate surface area is 254 Å². The first-order valence-corrected chi connectivity index (χ1v) is 17.0. The Bertz CT molecular complexity index is 2010. The second-order valence-electron chi connectivity index (χ2n) is 10.1. The summed E-state index contributed by atoms with van der Waals surface area (Å²) in [6.45, 7) is -6.01. The lowest BCUT2D eigenvalue weighted by molar-refractivity contribution is -0.0456. The van der Waals surface area contributed by atoms with Gasteiger partial charge >= 0.3 is 17.1 Å². The quantitative estimate of drug-likeness (QED) is 0.128. The zero-order chi connectivity index (χ0) is 31.8. The smallest absolute Gasteiger partial charge is 0.382 e. The van der Waals surface area contributed by atoms with Crippen LogP contribution in [0, 0.1) is 0 Å². The SMILES string of the molecule is Nc1nc2c(ncn2[C@@H]2O[C@@H]3CO[P@](=O)(S)O[C@H]4[C@@H](F)[C@H](n5cnc6c(N)ncnc65)O[C@@H]4CNS(=O)(=O)O[C@@H]2[C@@H]3F)c(=O)[nH]1. The first-order valence-electron chi connectivity index (χ1n) is 12.9. The van der Waals surface area contributed by atoms with Crippen LogP contribution in [0.15, 0.2) is 23.8 Å². The summed E-state index contributed by atoms with van der Waals surface area (Å²) in [5, 5.41) is 0. The Balaban J connectivity index is 1.21. The van der Waals surface area contributed by atoms with Gasteiger partial charge in [-0.15, -0.1) is 0 Å².